The van der Waals surface area contributed by atoms with E-state index in [-0.39, 0.29) is 0 Å². The summed E-state index contributed by atoms with van der Waals surface area (Å²) < 4.78 is 6.06. The lowest BCUT2D eigenvalue weighted by Crippen LogP contribution is -2.22. The summed E-state index contributed by atoms with van der Waals surface area (Å²) in [6, 6.07) is 10.5. The molecule has 1 fully saturated rings. The minimum Gasteiger partial charge on any atom is -0.376 e. The van der Waals surface area contributed by atoms with Gasteiger partial charge in [0.25, 0.3) is 0 Å². The molecule has 0 heterocycles. The largest absolute Gasteiger partial charge is 0.376 e. The van der Waals surface area contributed by atoms with Gasteiger partial charge in [0.1, 0.15) is 0 Å². The summed E-state index contributed by atoms with van der Waals surface area (Å²) >= 11 is 0. The van der Waals surface area contributed by atoms with Crippen molar-refractivity contribution in [1.29, 1.82) is 0 Å². The molecule has 25 heavy (non-hydrogen) atoms. The fourth-order valence-corrected chi connectivity index (χ4v) is 3.60. The van der Waals surface area contributed by atoms with E-state index in [1.807, 2.05) is 0 Å². The van der Waals surface area contributed by atoms with Crippen LogP contribution in [0, 0.1) is 29.1 Å². The summed E-state index contributed by atoms with van der Waals surface area (Å²) in [7, 11) is 0. The molecule has 1 aliphatic rings. The van der Waals surface area contributed by atoms with Gasteiger partial charge in [-0.2, -0.15) is 0 Å². The highest BCUT2D eigenvalue weighted by molar-refractivity contribution is 5.13. The van der Waals surface area contributed by atoms with Crippen molar-refractivity contribution in [3.8, 4) is 0 Å². The monoisotopic (exact) mass is 342 g/mol. The van der Waals surface area contributed by atoms with E-state index in [1.54, 1.807) is 0 Å². The molecule has 0 radical (unpaired) electrons. The molecule has 1 aliphatic carbocycles. The number of allylic oxidation sites excluding steroid dienone is 1. The van der Waals surface area contributed by atoms with Crippen LogP contribution in [-0.2, 0) is 11.3 Å². The van der Waals surface area contributed by atoms with Crippen molar-refractivity contribution in [2.45, 2.75) is 66.4 Å². The third-order valence-electron chi connectivity index (χ3n) is 6.30. The molecule has 1 nitrogen and oxygen atoms in total. The predicted octanol–water partition coefficient (Wildman–Crippen LogP) is 6.88. The molecule has 0 amide bonds. The molecule has 1 heteroatoms. The van der Waals surface area contributed by atoms with Crippen molar-refractivity contribution in [1.82, 2.24) is 0 Å². The van der Waals surface area contributed by atoms with Gasteiger partial charge in [0.15, 0.2) is 0 Å². The molecule has 0 aromatic heterocycles. The molecule has 0 aliphatic heterocycles. The molecule has 1 saturated carbocycles. The van der Waals surface area contributed by atoms with Crippen LogP contribution in [0.1, 0.15) is 65.4 Å². The van der Waals surface area contributed by atoms with Crippen LogP contribution in [0.3, 0.4) is 0 Å². The zero-order valence-electron chi connectivity index (χ0n) is 16.8. The summed E-state index contributed by atoms with van der Waals surface area (Å²) in [4.78, 5) is 0. The first-order valence-electron chi connectivity index (χ1n) is 10.2. The van der Waals surface area contributed by atoms with E-state index in [2.05, 4.69) is 70.7 Å². The second-order valence-electron chi connectivity index (χ2n) is 8.97. The quantitative estimate of drug-likeness (QED) is 0.376. The summed E-state index contributed by atoms with van der Waals surface area (Å²) in [5.41, 5.74) is 1.92. The van der Waals surface area contributed by atoms with Crippen LogP contribution in [-0.4, -0.2) is 6.61 Å². The smallest absolute Gasteiger partial charge is 0.0717 e. The van der Waals surface area contributed by atoms with E-state index in [0.717, 1.165) is 19.1 Å². The average Bonchev–Trinajstić information content (AvgIpc) is 3.34. The standard InChI is InChI=1S/C24H38O/c1-6-22(20(4)12-13-24(5)14-15-24)16-23(19(2)3)18-25-17-21-10-8-7-9-11-21/h6-11,19-20,22-23H,1,12-18H2,2-5H3/t20-,22-,23+/m0/s1. The van der Waals surface area contributed by atoms with E-state index in [4.69, 9.17) is 4.74 Å². The second-order valence-corrected chi connectivity index (χ2v) is 8.97. The van der Waals surface area contributed by atoms with Crippen LogP contribution < -0.4 is 0 Å². The molecule has 0 N–H and O–H groups in total. The first kappa shape index (κ1) is 20.2. The highest BCUT2D eigenvalue weighted by Crippen LogP contribution is 2.50. The van der Waals surface area contributed by atoms with Crippen molar-refractivity contribution in [3.63, 3.8) is 0 Å². The molecule has 2 rings (SSSR count). The molecule has 0 saturated heterocycles. The normalized spacial score (nSPS) is 19.4. The summed E-state index contributed by atoms with van der Waals surface area (Å²) in [5, 5.41) is 0. The van der Waals surface area contributed by atoms with Gasteiger partial charge in [0.05, 0.1) is 13.2 Å². The Morgan fingerprint density at radius 2 is 1.84 bits per heavy atom. The van der Waals surface area contributed by atoms with Gasteiger partial charge in [-0.05, 0) is 66.8 Å². The maximum absolute atomic E-state index is 6.06. The molecule has 1 aromatic carbocycles. The minimum absolute atomic E-state index is 0.602. The highest BCUT2D eigenvalue weighted by atomic mass is 16.5. The Bertz CT molecular complexity index is 500. The maximum Gasteiger partial charge on any atom is 0.0717 e. The van der Waals surface area contributed by atoms with E-state index in [9.17, 15) is 0 Å². The number of hydrogen-bond donors (Lipinski definition) is 0. The Morgan fingerprint density at radius 1 is 1.16 bits per heavy atom. The summed E-state index contributed by atoms with van der Waals surface area (Å²) in [6.45, 7) is 15.2. The average molecular weight is 343 g/mol. The SMILES string of the molecule is C=C[C@@H](C[C@H](COCc1ccccc1)C(C)C)[C@@H](C)CCC1(C)CC1. The zero-order valence-corrected chi connectivity index (χ0v) is 16.8. The Labute approximate surface area is 155 Å². The van der Waals surface area contributed by atoms with Gasteiger partial charge < -0.3 is 4.74 Å². The number of rotatable bonds is 12. The van der Waals surface area contributed by atoms with Crippen LogP contribution in [0.5, 0.6) is 0 Å². The topological polar surface area (TPSA) is 9.23 Å². The molecular formula is C24H38O. The minimum atomic E-state index is 0.602. The van der Waals surface area contributed by atoms with Gasteiger partial charge in [0, 0.05) is 0 Å². The Kier molecular flexibility index (Phi) is 7.75. The van der Waals surface area contributed by atoms with E-state index < -0.39 is 0 Å². The van der Waals surface area contributed by atoms with Crippen molar-refractivity contribution in [2.24, 2.45) is 29.1 Å². The second kappa shape index (κ2) is 9.57. The molecule has 1 aromatic rings. The fraction of sp³-hybridized carbons (Fsp3) is 0.667. The first-order valence-corrected chi connectivity index (χ1v) is 10.2. The van der Waals surface area contributed by atoms with Crippen molar-refractivity contribution in [2.75, 3.05) is 6.61 Å². The highest BCUT2D eigenvalue weighted by Gasteiger charge is 2.37. The molecule has 0 unspecified atom stereocenters. The van der Waals surface area contributed by atoms with Crippen molar-refractivity contribution < 1.29 is 4.74 Å². The van der Waals surface area contributed by atoms with Crippen LogP contribution in [0.15, 0.2) is 43.0 Å². The van der Waals surface area contributed by atoms with Crippen LogP contribution in [0.2, 0.25) is 0 Å². The number of hydrogen-bond acceptors (Lipinski definition) is 1. The predicted molar refractivity (Wildman–Crippen MR) is 108 cm³/mol. The first-order chi connectivity index (χ1) is 11.9. The number of ether oxygens (including phenoxy) is 1. The maximum atomic E-state index is 6.06. The molecule has 140 valence electrons. The molecule has 0 spiro atoms. The summed E-state index contributed by atoms with van der Waals surface area (Å²) in [6.07, 6.45) is 8.99. The van der Waals surface area contributed by atoms with Crippen LogP contribution in [0.4, 0.5) is 0 Å². The van der Waals surface area contributed by atoms with E-state index in [0.29, 0.717) is 23.2 Å². The Balaban J connectivity index is 1.79. The number of benzene rings is 1. The Hall–Kier alpha value is -1.08. The van der Waals surface area contributed by atoms with E-state index >= 15 is 0 Å². The van der Waals surface area contributed by atoms with Gasteiger partial charge in [0.2, 0.25) is 0 Å². The van der Waals surface area contributed by atoms with Crippen LogP contribution >= 0.6 is 0 Å². The molecule has 0 bridgehead atoms. The summed E-state index contributed by atoms with van der Waals surface area (Å²) in [5.74, 6) is 2.58. The molecular weight excluding hydrogens is 304 g/mol. The third-order valence-corrected chi connectivity index (χ3v) is 6.30. The Morgan fingerprint density at radius 3 is 2.40 bits per heavy atom. The van der Waals surface area contributed by atoms with Gasteiger partial charge in [-0.1, -0.05) is 64.1 Å². The fourth-order valence-electron chi connectivity index (χ4n) is 3.60. The van der Waals surface area contributed by atoms with Gasteiger partial charge in [-0.3, -0.25) is 0 Å². The van der Waals surface area contributed by atoms with Crippen molar-refractivity contribution in [3.05, 3.63) is 48.6 Å². The van der Waals surface area contributed by atoms with Crippen molar-refractivity contribution >= 4 is 0 Å². The lowest BCUT2D eigenvalue weighted by Gasteiger charge is -2.29. The van der Waals surface area contributed by atoms with E-state index in [1.165, 1.54) is 37.7 Å². The third kappa shape index (κ3) is 6.98. The molecule has 3 atom stereocenters. The van der Waals surface area contributed by atoms with Gasteiger partial charge in [-0.15, -0.1) is 6.58 Å². The lowest BCUT2D eigenvalue weighted by molar-refractivity contribution is 0.0601. The van der Waals surface area contributed by atoms with Gasteiger partial charge in [-0.25, -0.2) is 0 Å². The van der Waals surface area contributed by atoms with Gasteiger partial charge >= 0.3 is 0 Å². The lowest BCUT2D eigenvalue weighted by atomic mass is 9.79. The van der Waals surface area contributed by atoms with Crippen LogP contribution in [0.25, 0.3) is 0 Å². The zero-order chi connectivity index (χ0) is 18.3.